The first-order valence-corrected chi connectivity index (χ1v) is 8.10. The number of aromatic nitrogens is 2. The van der Waals surface area contributed by atoms with Crippen LogP contribution < -0.4 is 5.43 Å². The van der Waals surface area contributed by atoms with E-state index in [-0.39, 0.29) is 5.91 Å². The summed E-state index contributed by atoms with van der Waals surface area (Å²) in [5, 5.41) is 8.46. The van der Waals surface area contributed by atoms with Gasteiger partial charge < -0.3 is 0 Å². The first-order chi connectivity index (χ1) is 12.1. The Morgan fingerprint density at radius 1 is 1.12 bits per heavy atom. The maximum Gasteiger partial charge on any atom is 0.271 e. The van der Waals surface area contributed by atoms with Crippen molar-refractivity contribution in [1.29, 1.82) is 0 Å². The molecule has 0 aliphatic rings. The van der Waals surface area contributed by atoms with Crippen LogP contribution in [0.1, 0.15) is 32.9 Å². The maximum absolute atomic E-state index is 12.3. The van der Waals surface area contributed by atoms with Gasteiger partial charge in [0.15, 0.2) is 0 Å². The molecular formula is C20H20N4O. The molecule has 3 aromatic rings. The van der Waals surface area contributed by atoms with Gasteiger partial charge in [0.1, 0.15) is 0 Å². The van der Waals surface area contributed by atoms with E-state index < -0.39 is 0 Å². The van der Waals surface area contributed by atoms with E-state index >= 15 is 0 Å². The number of hydrogen-bond donors (Lipinski definition) is 1. The number of hydrazone groups is 1. The molecule has 0 atom stereocenters. The Kier molecular flexibility index (Phi) is 5.04. The predicted molar refractivity (Wildman–Crippen MR) is 98.7 cm³/mol. The molecule has 2 aromatic carbocycles. The van der Waals surface area contributed by atoms with E-state index in [9.17, 15) is 4.79 Å². The van der Waals surface area contributed by atoms with Crippen LogP contribution in [0.15, 0.2) is 65.8 Å². The molecule has 0 aliphatic carbocycles. The molecule has 1 aromatic heterocycles. The Bertz CT molecular complexity index is 897. The molecule has 0 saturated carbocycles. The second-order valence-corrected chi connectivity index (χ2v) is 5.89. The van der Waals surface area contributed by atoms with Gasteiger partial charge in [0.05, 0.1) is 18.5 Å². The summed E-state index contributed by atoms with van der Waals surface area (Å²) in [7, 11) is 0. The van der Waals surface area contributed by atoms with Crippen molar-refractivity contribution in [2.45, 2.75) is 20.4 Å². The van der Waals surface area contributed by atoms with Crippen LogP contribution in [0, 0.1) is 13.8 Å². The van der Waals surface area contributed by atoms with Gasteiger partial charge in [-0.1, -0.05) is 42.5 Å². The average Bonchev–Trinajstić information content (AvgIpc) is 2.93. The Balaban J connectivity index is 1.67. The van der Waals surface area contributed by atoms with Gasteiger partial charge >= 0.3 is 0 Å². The topological polar surface area (TPSA) is 59.3 Å². The first kappa shape index (κ1) is 16.6. The van der Waals surface area contributed by atoms with Crippen molar-refractivity contribution in [2.75, 3.05) is 0 Å². The van der Waals surface area contributed by atoms with Crippen LogP contribution in [0.2, 0.25) is 0 Å². The smallest absolute Gasteiger partial charge is 0.267 e. The van der Waals surface area contributed by atoms with E-state index in [0.29, 0.717) is 12.1 Å². The summed E-state index contributed by atoms with van der Waals surface area (Å²) in [5.41, 5.74) is 7.17. The number of nitrogens with zero attached hydrogens (tertiary/aromatic N) is 3. The number of hydrogen-bond acceptors (Lipinski definition) is 3. The van der Waals surface area contributed by atoms with E-state index in [4.69, 9.17) is 0 Å². The zero-order valence-electron chi connectivity index (χ0n) is 14.3. The number of carbonyl (C=O) groups excluding carboxylic acids is 1. The second kappa shape index (κ2) is 7.57. The van der Waals surface area contributed by atoms with E-state index in [0.717, 1.165) is 22.5 Å². The zero-order valence-corrected chi connectivity index (χ0v) is 14.3. The maximum atomic E-state index is 12.3. The fourth-order valence-corrected chi connectivity index (χ4v) is 2.59. The summed E-state index contributed by atoms with van der Waals surface area (Å²) < 4.78 is 1.93. The van der Waals surface area contributed by atoms with Crippen molar-refractivity contribution in [2.24, 2.45) is 5.10 Å². The van der Waals surface area contributed by atoms with Gasteiger partial charge in [-0.25, -0.2) is 5.43 Å². The third-order valence-corrected chi connectivity index (χ3v) is 3.80. The lowest BCUT2D eigenvalue weighted by atomic mass is 10.1. The lowest BCUT2D eigenvalue weighted by molar-refractivity contribution is 0.0955. The molecule has 0 radical (unpaired) electrons. The van der Waals surface area contributed by atoms with Gasteiger partial charge in [0.2, 0.25) is 0 Å². The second-order valence-electron chi connectivity index (χ2n) is 5.89. The first-order valence-electron chi connectivity index (χ1n) is 8.10. The molecule has 0 fully saturated rings. The van der Waals surface area contributed by atoms with E-state index in [1.54, 1.807) is 12.3 Å². The third-order valence-electron chi connectivity index (χ3n) is 3.80. The molecule has 0 unspecified atom stereocenters. The van der Waals surface area contributed by atoms with E-state index in [1.807, 2.05) is 73.1 Å². The summed E-state index contributed by atoms with van der Waals surface area (Å²) in [6.45, 7) is 4.63. The molecule has 0 spiro atoms. The standard InChI is InChI=1S/C20H20N4O/c1-15-11-16(2)24(23-15)14-18-9-6-10-19(12-18)20(25)22-21-13-17-7-4-3-5-8-17/h3-13H,14H2,1-2H3,(H,22,25). The summed E-state index contributed by atoms with van der Waals surface area (Å²) in [4.78, 5) is 12.3. The number of nitrogens with one attached hydrogen (secondary N) is 1. The molecule has 3 rings (SSSR count). The van der Waals surface area contributed by atoms with Gasteiger partial charge in [-0.2, -0.15) is 10.2 Å². The van der Waals surface area contributed by atoms with Crippen LogP contribution in [0.4, 0.5) is 0 Å². The lowest BCUT2D eigenvalue weighted by Crippen LogP contribution is -2.18. The zero-order chi connectivity index (χ0) is 17.6. The van der Waals surface area contributed by atoms with Crippen LogP contribution in [-0.4, -0.2) is 21.9 Å². The summed E-state index contributed by atoms with van der Waals surface area (Å²) in [6, 6.07) is 19.2. The molecule has 1 heterocycles. The number of benzene rings is 2. The Morgan fingerprint density at radius 2 is 1.92 bits per heavy atom. The molecule has 1 N–H and O–H groups in total. The average molecular weight is 332 g/mol. The molecule has 25 heavy (non-hydrogen) atoms. The van der Waals surface area contributed by atoms with Crippen LogP contribution in [0.5, 0.6) is 0 Å². The Hall–Kier alpha value is -3.21. The van der Waals surface area contributed by atoms with Crippen molar-refractivity contribution in [3.05, 3.63) is 88.7 Å². The van der Waals surface area contributed by atoms with E-state index in [1.165, 1.54) is 0 Å². The minimum atomic E-state index is -0.234. The van der Waals surface area contributed by atoms with Gasteiger partial charge in [-0.15, -0.1) is 0 Å². The normalized spacial score (nSPS) is 11.0. The van der Waals surface area contributed by atoms with E-state index in [2.05, 4.69) is 15.6 Å². The molecular weight excluding hydrogens is 312 g/mol. The fraction of sp³-hybridized carbons (Fsp3) is 0.150. The van der Waals surface area contributed by atoms with Crippen molar-refractivity contribution in [3.8, 4) is 0 Å². The monoisotopic (exact) mass is 332 g/mol. The molecule has 0 saturated heterocycles. The number of amides is 1. The highest BCUT2D eigenvalue weighted by Gasteiger charge is 2.07. The van der Waals surface area contributed by atoms with Crippen molar-refractivity contribution < 1.29 is 4.79 Å². The minimum Gasteiger partial charge on any atom is -0.267 e. The highest BCUT2D eigenvalue weighted by atomic mass is 16.2. The summed E-state index contributed by atoms with van der Waals surface area (Å²) in [5.74, 6) is -0.234. The van der Waals surface area contributed by atoms with Gasteiger partial charge in [-0.05, 0) is 43.2 Å². The molecule has 5 heteroatoms. The summed E-state index contributed by atoms with van der Waals surface area (Å²) in [6.07, 6.45) is 1.62. The molecule has 0 bridgehead atoms. The molecule has 0 aliphatic heterocycles. The van der Waals surface area contributed by atoms with Crippen LogP contribution in [0.25, 0.3) is 0 Å². The SMILES string of the molecule is Cc1cc(C)n(Cc2cccc(C(=O)NN=Cc3ccccc3)c2)n1. The number of carbonyl (C=O) groups is 1. The van der Waals surface area contributed by atoms with Crippen molar-refractivity contribution >= 4 is 12.1 Å². The number of rotatable bonds is 5. The quantitative estimate of drug-likeness (QED) is 0.575. The largest absolute Gasteiger partial charge is 0.271 e. The Labute approximate surface area is 147 Å². The van der Waals surface area contributed by atoms with Crippen LogP contribution in [-0.2, 0) is 6.54 Å². The van der Waals surface area contributed by atoms with Crippen LogP contribution >= 0.6 is 0 Å². The van der Waals surface area contributed by atoms with Crippen molar-refractivity contribution in [3.63, 3.8) is 0 Å². The Morgan fingerprint density at radius 3 is 2.64 bits per heavy atom. The van der Waals surface area contributed by atoms with Crippen LogP contribution in [0.3, 0.4) is 0 Å². The summed E-state index contributed by atoms with van der Waals surface area (Å²) >= 11 is 0. The fourth-order valence-electron chi connectivity index (χ4n) is 2.59. The van der Waals surface area contributed by atoms with Crippen molar-refractivity contribution in [1.82, 2.24) is 15.2 Å². The highest BCUT2D eigenvalue weighted by molar-refractivity contribution is 5.95. The molecule has 5 nitrogen and oxygen atoms in total. The lowest BCUT2D eigenvalue weighted by Gasteiger charge is -2.06. The predicted octanol–water partition coefficient (Wildman–Crippen LogP) is 3.31. The van der Waals surface area contributed by atoms with Gasteiger partial charge in [0, 0.05) is 11.3 Å². The van der Waals surface area contributed by atoms with Gasteiger partial charge in [0.25, 0.3) is 5.91 Å². The molecule has 126 valence electrons. The highest BCUT2D eigenvalue weighted by Crippen LogP contribution is 2.10. The third kappa shape index (κ3) is 4.41. The minimum absolute atomic E-state index is 0.234. The number of aryl methyl sites for hydroxylation is 2. The molecule has 1 amide bonds. The van der Waals surface area contributed by atoms with Gasteiger partial charge in [-0.3, -0.25) is 9.48 Å².